The first kappa shape index (κ1) is 18.7. The molecule has 1 N–H and O–H groups in total. The molecule has 0 fully saturated rings. The number of hydrogen-bond donors (Lipinski definition) is 1. The molecule has 0 aliphatic rings. The van der Waals surface area contributed by atoms with E-state index in [0.29, 0.717) is 0 Å². The minimum Gasteiger partial charge on any atom is -0.334 e. The largest absolute Gasteiger partial charge is 0.334 e. The third-order valence-electron chi connectivity index (χ3n) is 5.44. The van der Waals surface area contributed by atoms with Crippen LogP contribution in [0.4, 0.5) is 5.69 Å². The molecule has 5 rings (SSSR count). The Morgan fingerprint density at radius 2 is 1.37 bits per heavy atom. The summed E-state index contributed by atoms with van der Waals surface area (Å²) < 4.78 is 0. The Labute approximate surface area is 180 Å². The maximum absolute atomic E-state index is 4.52. The molecule has 3 heteroatoms. The lowest BCUT2D eigenvalue weighted by molar-refractivity contribution is 1.44. The van der Waals surface area contributed by atoms with Crippen LogP contribution in [0.1, 0.15) is 5.56 Å². The zero-order valence-corrected chi connectivity index (χ0v) is 17.6. The Balaban J connectivity index is 1.42. The molecule has 0 aliphatic carbocycles. The Morgan fingerprint density at radius 1 is 0.700 bits per heavy atom. The number of nitrogens with zero attached hydrogens (tertiary/aromatic N) is 1. The van der Waals surface area contributed by atoms with Gasteiger partial charge in [0.05, 0.1) is 0 Å². The van der Waals surface area contributed by atoms with E-state index >= 15 is 0 Å². The van der Waals surface area contributed by atoms with Gasteiger partial charge in [-0.1, -0.05) is 90.6 Å². The van der Waals surface area contributed by atoms with Crippen molar-refractivity contribution < 1.29 is 0 Å². The zero-order valence-electron chi connectivity index (χ0n) is 16.8. The van der Waals surface area contributed by atoms with Crippen molar-refractivity contribution in [2.24, 2.45) is 4.99 Å². The Bertz CT molecular complexity index is 1380. The second-order valence-electron chi connectivity index (χ2n) is 7.31. The molecule has 0 amide bonds. The van der Waals surface area contributed by atoms with Crippen molar-refractivity contribution in [1.29, 1.82) is 0 Å². The van der Waals surface area contributed by atoms with Crippen molar-refractivity contribution in [2.45, 2.75) is 5.75 Å². The average molecular weight is 407 g/mol. The second-order valence-corrected chi connectivity index (χ2v) is 8.27. The van der Waals surface area contributed by atoms with Gasteiger partial charge in [-0.2, -0.15) is 0 Å². The molecule has 30 heavy (non-hydrogen) atoms. The summed E-state index contributed by atoms with van der Waals surface area (Å²) in [5.41, 5.74) is 2.41. The van der Waals surface area contributed by atoms with Gasteiger partial charge in [-0.05, 0) is 50.7 Å². The van der Waals surface area contributed by atoms with Crippen LogP contribution in [0.15, 0.2) is 102 Å². The Kier molecular flexibility index (Phi) is 5.12. The van der Waals surface area contributed by atoms with E-state index in [9.17, 15) is 0 Å². The average Bonchev–Trinajstić information content (AvgIpc) is 2.80. The van der Waals surface area contributed by atoms with Gasteiger partial charge in [-0.15, -0.1) is 0 Å². The molecule has 0 atom stereocenters. The maximum atomic E-state index is 4.52. The van der Waals surface area contributed by atoms with Crippen molar-refractivity contribution in [3.63, 3.8) is 0 Å². The molecule has 2 nitrogen and oxygen atoms in total. The third-order valence-corrected chi connectivity index (χ3v) is 6.45. The van der Waals surface area contributed by atoms with Crippen LogP contribution in [0.3, 0.4) is 0 Å². The van der Waals surface area contributed by atoms with Crippen LogP contribution in [0.2, 0.25) is 0 Å². The molecule has 0 radical (unpaired) electrons. The van der Waals surface area contributed by atoms with Gasteiger partial charge in [-0.25, -0.2) is 0 Å². The standard InChI is InChI=1S/C27H22N2S/c1-28-27(30-18-23-13-6-11-19-8-4-5-14-24(19)23)29-26-15-7-12-22-16-20-9-2-3-10-21(20)17-25(22)26/h2-17H,18H2,1H3,(H,28,29). The minimum atomic E-state index is 0.870. The fourth-order valence-corrected chi connectivity index (χ4v) is 4.77. The summed E-state index contributed by atoms with van der Waals surface area (Å²) in [6.07, 6.45) is 0. The summed E-state index contributed by atoms with van der Waals surface area (Å²) in [6.45, 7) is 0. The summed E-state index contributed by atoms with van der Waals surface area (Å²) in [6, 6.07) is 34.4. The normalized spacial score (nSPS) is 12.0. The summed E-state index contributed by atoms with van der Waals surface area (Å²) in [4.78, 5) is 4.52. The van der Waals surface area contributed by atoms with Crippen LogP contribution in [0.5, 0.6) is 0 Å². The number of hydrogen-bond acceptors (Lipinski definition) is 2. The van der Waals surface area contributed by atoms with E-state index < -0.39 is 0 Å². The zero-order chi connectivity index (χ0) is 20.3. The van der Waals surface area contributed by atoms with E-state index in [-0.39, 0.29) is 0 Å². The monoisotopic (exact) mass is 406 g/mol. The van der Waals surface area contributed by atoms with E-state index in [2.05, 4.69) is 107 Å². The van der Waals surface area contributed by atoms with Crippen LogP contribution in [-0.4, -0.2) is 12.2 Å². The highest BCUT2D eigenvalue weighted by atomic mass is 32.2. The van der Waals surface area contributed by atoms with E-state index in [1.807, 2.05) is 7.05 Å². The maximum Gasteiger partial charge on any atom is 0.161 e. The van der Waals surface area contributed by atoms with Gasteiger partial charge in [-0.3, -0.25) is 4.99 Å². The third kappa shape index (κ3) is 3.64. The smallest absolute Gasteiger partial charge is 0.161 e. The Hall–Kier alpha value is -3.30. The molecule has 0 aromatic heterocycles. The fraction of sp³-hybridized carbons (Fsp3) is 0.0741. The molecule has 146 valence electrons. The number of fused-ring (bicyclic) bond motifs is 3. The van der Waals surface area contributed by atoms with Gasteiger partial charge in [0.1, 0.15) is 0 Å². The predicted octanol–water partition coefficient (Wildman–Crippen LogP) is 7.48. The fourth-order valence-electron chi connectivity index (χ4n) is 3.91. The number of anilines is 1. The van der Waals surface area contributed by atoms with Crippen molar-refractivity contribution in [2.75, 3.05) is 12.4 Å². The lowest BCUT2D eigenvalue weighted by atomic mass is 10.0. The number of nitrogens with one attached hydrogen (secondary N) is 1. The van der Waals surface area contributed by atoms with Crippen molar-refractivity contribution >= 4 is 54.9 Å². The topological polar surface area (TPSA) is 24.4 Å². The minimum absolute atomic E-state index is 0.870. The highest BCUT2D eigenvalue weighted by Gasteiger charge is 2.08. The molecule has 5 aromatic rings. The van der Waals surface area contributed by atoms with Crippen LogP contribution in [0.25, 0.3) is 32.3 Å². The van der Waals surface area contributed by atoms with Gasteiger partial charge < -0.3 is 5.32 Å². The summed E-state index contributed by atoms with van der Waals surface area (Å²) in [7, 11) is 1.85. The van der Waals surface area contributed by atoms with Gasteiger partial charge in [0.2, 0.25) is 0 Å². The first-order valence-electron chi connectivity index (χ1n) is 10.1. The van der Waals surface area contributed by atoms with E-state index in [1.165, 1.54) is 37.9 Å². The van der Waals surface area contributed by atoms with Crippen molar-refractivity contribution in [3.8, 4) is 0 Å². The number of benzene rings is 5. The highest BCUT2D eigenvalue weighted by molar-refractivity contribution is 8.13. The molecule has 5 aromatic carbocycles. The van der Waals surface area contributed by atoms with E-state index in [1.54, 1.807) is 11.8 Å². The first-order valence-corrected chi connectivity index (χ1v) is 11.1. The first-order chi connectivity index (χ1) is 14.8. The molecular weight excluding hydrogens is 384 g/mol. The van der Waals surface area contributed by atoms with Crippen LogP contribution < -0.4 is 5.32 Å². The molecular formula is C27H22N2S. The summed E-state index contributed by atoms with van der Waals surface area (Å²) in [5, 5.41) is 12.0. The van der Waals surface area contributed by atoms with Crippen molar-refractivity contribution in [1.82, 2.24) is 0 Å². The lowest BCUT2D eigenvalue weighted by Crippen LogP contribution is -2.08. The van der Waals surface area contributed by atoms with Crippen LogP contribution >= 0.6 is 11.8 Å². The number of aliphatic imine (C=N–C) groups is 1. The SMILES string of the molecule is CN=C(Nc1cccc2cc3ccccc3cc12)SCc1cccc2ccccc12. The van der Waals surface area contributed by atoms with E-state index in [0.717, 1.165) is 16.6 Å². The number of amidine groups is 1. The molecule has 0 unspecified atom stereocenters. The quantitative estimate of drug-likeness (QED) is 0.191. The molecule has 0 saturated carbocycles. The number of rotatable bonds is 3. The second kappa shape index (κ2) is 8.21. The molecule has 0 saturated heterocycles. The molecule has 0 heterocycles. The number of thioether (sulfide) groups is 1. The highest BCUT2D eigenvalue weighted by Crippen LogP contribution is 2.30. The van der Waals surface area contributed by atoms with Gasteiger partial charge in [0.25, 0.3) is 0 Å². The Morgan fingerprint density at radius 3 is 2.20 bits per heavy atom. The predicted molar refractivity (Wildman–Crippen MR) is 134 cm³/mol. The van der Waals surface area contributed by atoms with Crippen LogP contribution in [0, 0.1) is 0 Å². The lowest BCUT2D eigenvalue weighted by Gasteiger charge is -2.13. The van der Waals surface area contributed by atoms with Gasteiger partial charge in [0, 0.05) is 23.9 Å². The van der Waals surface area contributed by atoms with Crippen molar-refractivity contribution in [3.05, 3.63) is 103 Å². The van der Waals surface area contributed by atoms with Crippen LogP contribution in [-0.2, 0) is 5.75 Å². The molecule has 0 bridgehead atoms. The van der Waals surface area contributed by atoms with E-state index in [4.69, 9.17) is 0 Å². The van der Waals surface area contributed by atoms with Gasteiger partial charge in [0.15, 0.2) is 5.17 Å². The molecule has 0 aliphatic heterocycles. The summed E-state index contributed by atoms with van der Waals surface area (Å²) in [5.74, 6) is 0.870. The molecule has 0 spiro atoms. The summed E-state index contributed by atoms with van der Waals surface area (Å²) >= 11 is 1.74. The van der Waals surface area contributed by atoms with Gasteiger partial charge >= 0.3 is 0 Å².